The Hall–Kier alpha value is -1.22. The van der Waals surface area contributed by atoms with E-state index in [1.165, 1.54) is 6.21 Å². The van der Waals surface area contributed by atoms with Crippen LogP contribution in [0, 0.1) is 0 Å². The van der Waals surface area contributed by atoms with Gasteiger partial charge in [0.15, 0.2) is 0 Å². The molecule has 82 valence electrons. The third-order valence-corrected chi connectivity index (χ3v) is 2.18. The van der Waals surface area contributed by atoms with Crippen molar-refractivity contribution in [2.45, 2.75) is 19.8 Å². The second-order valence-electron chi connectivity index (χ2n) is 3.16. The Labute approximate surface area is 94.9 Å². The van der Waals surface area contributed by atoms with Crippen molar-refractivity contribution in [2.75, 3.05) is 6.61 Å². The zero-order valence-electron chi connectivity index (χ0n) is 8.74. The Balaban J connectivity index is 2.76. The van der Waals surface area contributed by atoms with Gasteiger partial charge in [-0.15, -0.1) is 0 Å². The van der Waals surface area contributed by atoms with E-state index in [0.29, 0.717) is 11.6 Å². The van der Waals surface area contributed by atoms with Crippen LogP contribution in [0.5, 0.6) is 5.75 Å². The lowest BCUT2D eigenvalue weighted by atomic mass is 10.2. The monoisotopic (exact) mass is 226 g/mol. The van der Waals surface area contributed by atoms with Crippen molar-refractivity contribution in [3.8, 4) is 5.75 Å². The topological polar surface area (TPSA) is 47.6 Å². The van der Waals surface area contributed by atoms with E-state index in [9.17, 15) is 0 Å². The number of ether oxygens (including phenoxy) is 1. The first-order valence-corrected chi connectivity index (χ1v) is 5.31. The second-order valence-corrected chi connectivity index (χ2v) is 3.60. The van der Waals surface area contributed by atoms with Crippen LogP contribution in [0.4, 0.5) is 0 Å². The summed E-state index contributed by atoms with van der Waals surface area (Å²) in [5.74, 6) is 5.87. The van der Waals surface area contributed by atoms with Gasteiger partial charge >= 0.3 is 0 Å². The highest BCUT2D eigenvalue weighted by molar-refractivity contribution is 6.30. The number of halogens is 1. The minimum atomic E-state index is 0.646. The number of hydrogen-bond acceptors (Lipinski definition) is 3. The van der Waals surface area contributed by atoms with Crippen LogP contribution in [0.25, 0.3) is 0 Å². The second kappa shape index (κ2) is 6.30. The molecule has 0 bridgehead atoms. The van der Waals surface area contributed by atoms with Crippen molar-refractivity contribution in [3.63, 3.8) is 0 Å². The zero-order valence-corrected chi connectivity index (χ0v) is 9.50. The van der Waals surface area contributed by atoms with Crippen LogP contribution in [0.2, 0.25) is 5.02 Å². The van der Waals surface area contributed by atoms with Gasteiger partial charge in [-0.2, -0.15) is 5.10 Å². The van der Waals surface area contributed by atoms with E-state index in [-0.39, 0.29) is 0 Å². The number of hydrogen-bond donors (Lipinski definition) is 1. The van der Waals surface area contributed by atoms with Crippen LogP contribution >= 0.6 is 11.6 Å². The molecule has 3 nitrogen and oxygen atoms in total. The molecule has 0 saturated carbocycles. The van der Waals surface area contributed by atoms with E-state index in [2.05, 4.69) is 12.0 Å². The van der Waals surface area contributed by atoms with Gasteiger partial charge in [0.25, 0.3) is 0 Å². The molecule has 1 aromatic carbocycles. The van der Waals surface area contributed by atoms with Crippen LogP contribution in [0.3, 0.4) is 0 Å². The lowest BCUT2D eigenvalue weighted by molar-refractivity contribution is 0.309. The molecular formula is C11H15ClN2O. The quantitative estimate of drug-likeness (QED) is 0.363. The smallest absolute Gasteiger partial charge is 0.128 e. The van der Waals surface area contributed by atoms with Crippen molar-refractivity contribution in [2.24, 2.45) is 10.9 Å². The van der Waals surface area contributed by atoms with Crippen molar-refractivity contribution < 1.29 is 4.74 Å². The minimum Gasteiger partial charge on any atom is -0.493 e. The van der Waals surface area contributed by atoms with Gasteiger partial charge in [-0.25, -0.2) is 0 Å². The molecule has 0 unspecified atom stereocenters. The van der Waals surface area contributed by atoms with Gasteiger partial charge in [0.05, 0.1) is 12.8 Å². The standard InChI is InChI=1S/C11H15ClN2O/c1-2-3-6-15-11-5-4-10(12)7-9(11)8-14-13/h4-5,7-8H,2-3,6,13H2,1H3. The lowest BCUT2D eigenvalue weighted by Crippen LogP contribution is -2.00. The predicted molar refractivity (Wildman–Crippen MR) is 63.6 cm³/mol. The molecule has 15 heavy (non-hydrogen) atoms. The van der Waals surface area contributed by atoms with Crippen LogP contribution in [-0.4, -0.2) is 12.8 Å². The van der Waals surface area contributed by atoms with Gasteiger partial charge in [0.2, 0.25) is 0 Å². The Kier molecular flexibility index (Phi) is 4.98. The summed E-state index contributed by atoms with van der Waals surface area (Å²) in [5, 5.41) is 4.12. The first-order chi connectivity index (χ1) is 7.27. The largest absolute Gasteiger partial charge is 0.493 e. The normalized spacial score (nSPS) is 10.8. The first kappa shape index (κ1) is 11.9. The molecule has 0 aliphatic heterocycles. The fraction of sp³-hybridized carbons (Fsp3) is 0.364. The number of nitrogens with zero attached hydrogens (tertiary/aromatic N) is 1. The summed E-state index contributed by atoms with van der Waals surface area (Å²) in [5.41, 5.74) is 0.807. The molecule has 0 radical (unpaired) electrons. The molecule has 0 heterocycles. The number of benzene rings is 1. The lowest BCUT2D eigenvalue weighted by Gasteiger charge is -2.08. The molecule has 4 heteroatoms. The number of rotatable bonds is 5. The molecule has 0 amide bonds. The molecule has 1 rings (SSSR count). The summed E-state index contributed by atoms with van der Waals surface area (Å²) in [6.45, 7) is 2.82. The van der Waals surface area contributed by atoms with E-state index in [1.54, 1.807) is 12.1 Å². The highest BCUT2D eigenvalue weighted by atomic mass is 35.5. The molecule has 0 spiro atoms. The molecular weight excluding hydrogens is 212 g/mol. The van der Waals surface area contributed by atoms with Gasteiger partial charge in [-0.3, -0.25) is 0 Å². The predicted octanol–water partition coefficient (Wildman–Crippen LogP) is 2.81. The van der Waals surface area contributed by atoms with Gasteiger partial charge in [-0.1, -0.05) is 24.9 Å². The maximum atomic E-state index is 5.86. The van der Waals surface area contributed by atoms with Crippen LogP contribution < -0.4 is 10.6 Å². The number of hydrazone groups is 1. The Morgan fingerprint density at radius 1 is 1.53 bits per heavy atom. The van der Waals surface area contributed by atoms with Crippen LogP contribution in [0.1, 0.15) is 25.3 Å². The zero-order chi connectivity index (χ0) is 11.1. The summed E-state index contributed by atoms with van der Waals surface area (Å²) >= 11 is 5.86. The molecule has 0 aliphatic rings. The van der Waals surface area contributed by atoms with Gasteiger partial charge in [0.1, 0.15) is 5.75 Å². The molecule has 0 saturated heterocycles. The summed E-state index contributed by atoms with van der Waals surface area (Å²) in [4.78, 5) is 0. The average molecular weight is 227 g/mol. The van der Waals surface area contributed by atoms with Crippen LogP contribution in [-0.2, 0) is 0 Å². The molecule has 0 atom stereocenters. The highest BCUT2D eigenvalue weighted by Gasteiger charge is 2.02. The van der Waals surface area contributed by atoms with E-state index in [0.717, 1.165) is 24.2 Å². The first-order valence-electron chi connectivity index (χ1n) is 4.93. The van der Waals surface area contributed by atoms with E-state index < -0.39 is 0 Å². The maximum Gasteiger partial charge on any atom is 0.128 e. The van der Waals surface area contributed by atoms with Crippen molar-refractivity contribution in [3.05, 3.63) is 28.8 Å². The van der Waals surface area contributed by atoms with Crippen molar-refractivity contribution in [1.29, 1.82) is 0 Å². The Morgan fingerprint density at radius 3 is 3.00 bits per heavy atom. The summed E-state index contributed by atoms with van der Waals surface area (Å²) < 4.78 is 5.58. The molecule has 2 N–H and O–H groups in total. The Morgan fingerprint density at radius 2 is 2.33 bits per heavy atom. The van der Waals surface area contributed by atoms with E-state index in [4.69, 9.17) is 22.2 Å². The van der Waals surface area contributed by atoms with Gasteiger partial charge in [-0.05, 0) is 24.6 Å². The van der Waals surface area contributed by atoms with E-state index >= 15 is 0 Å². The highest BCUT2D eigenvalue weighted by Crippen LogP contribution is 2.21. The molecule has 0 fully saturated rings. The van der Waals surface area contributed by atoms with Crippen molar-refractivity contribution >= 4 is 17.8 Å². The third kappa shape index (κ3) is 3.80. The SMILES string of the molecule is CCCCOc1ccc(Cl)cc1C=NN. The summed E-state index contributed by atoms with van der Waals surface area (Å²) in [6.07, 6.45) is 3.67. The Bertz CT molecular complexity index is 339. The average Bonchev–Trinajstić information content (AvgIpc) is 2.22. The molecule has 0 aromatic heterocycles. The summed E-state index contributed by atoms with van der Waals surface area (Å²) in [6, 6.07) is 5.39. The van der Waals surface area contributed by atoms with Crippen molar-refractivity contribution in [1.82, 2.24) is 0 Å². The third-order valence-electron chi connectivity index (χ3n) is 1.94. The fourth-order valence-corrected chi connectivity index (χ4v) is 1.34. The van der Waals surface area contributed by atoms with Gasteiger partial charge in [0, 0.05) is 10.6 Å². The maximum absolute atomic E-state index is 5.86. The fourth-order valence-electron chi connectivity index (χ4n) is 1.16. The molecule has 0 aliphatic carbocycles. The number of nitrogens with two attached hydrogens (primary N) is 1. The summed E-state index contributed by atoms with van der Waals surface area (Å²) in [7, 11) is 0. The van der Waals surface area contributed by atoms with Gasteiger partial charge < -0.3 is 10.6 Å². The molecule has 1 aromatic rings. The number of unbranched alkanes of at least 4 members (excludes halogenated alkanes) is 1. The van der Waals surface area contributed by atoms with E-state index in [1.807, 2.05) is 6.07 Å². The van der Waals surface area contributed by atoms with Crippen LogP contribution in [0.15, 0.2) is 23.3 Å². The minimum absolute atomic E-state index is 0.646.